The van der Waals surface area contributed by atoms with Gasteiger partial charge in [-0.15, -0.1) is 0 Å². The number of carbonyl (C=O) groups is 2. The molecule has 0 radical (unpaired) electrons. The summed E-state index contributed by atoms with van der Waals surface area (Å²) >= 11 is 0. The third-order valence-corrected chi connectivity index (χ3v) is 4.55. The quantitative estimate of drug-likeness (QED) is 0.406. The van der Waals surface area contributed by atoms with Gasteiger partial charge in [0.1, 0.15) is 23.5 Å². The molecule has 2 aromatic heterocycles. The zero-order valence-corrected chi connectivity index (χ0v) is 18.9. The number of ether oxygens (including phenoxy) is 1. The van der Waals surface area contributed by atoms with Crippen molar-refractivity contribution in [3.63, 3.8) is 0 Å². The SMILES string of the molecule is Cc1nc2cccc(-c3cc(C(=O)O)c(CNC(=O)OC(C)(C)C)[nH]3)c2nc1NCC(F)(F)F. The average Bonchev–Trinajstić information content (AvgIpc) is 3.13. The molecule has 0 saturated carbocycles. The number of alkyl carbamates (subject to hydrolysis) is 1. The summed E-state index contributed by atoms with van der Waals surface area (Å²) in [5.41, 5.74) is 1.18. The summed E-state index contributed by atoms with van der Waals surface area (Å²) in [4.78, 5) is 35.3. The summed E-state index contributed by atoms with van der Waals surface area (Å²) in [5.74, 6) is -1.26. The lowest BCUT2D eigenvalue weighted by Crippen LogP contribution is -2.32. The molecule has 1 aromatic carbocycles. The number of aromatic carboxylic acids is 1. The highest BCUT2D eigenvalue weighted by Gasteiger charge is 2.27. The molecule has 4 N–H and O–H groups in total. The number of fused-ring (bicyclic) bond motifs is 1. The first-order chi connectivity index (χ1) is 15.7. The predicted molar refractivity (Wildman–Crippen MR) is 119 cm³/mol. The van der Waals surface area contributed by atoms with E-state index in [9.17, 15) is 27.9 Å². The Morgan fingerprint density at radius 3 is 2.50 bits per heavy atom. The number of nitrogens with zero attached hydrogens (tertiary/aromatic N) is 2. The number of H-pyrrole nitrogens is 1. The van der Waals surface area contributed by atoms with Crippen LogP contribution in [-0.2, 0) is 11.3 Å². The highest BCUT2D eigenvalue weighted by atomic mass is 19.4. The molecule has 12 heteroatoms. The topological polar surface area (TPSA) is 129 Å². The fourth-order valence-corrected chi connectivity index (χ4v) is 3.18. The first-order valence-corrected chi connectivity index (χ1v) is 10.2. The summed E-state index contributed by atoms with van der Waals surface area (Å²) in [6.07, 6.45) is -5.15. The Balaban J connectivity index is 1.98. The number of carbonyl (C=O) groups excluding carboxylic acids is 1. The van der Waals surface area contributed by atoms with Crippen LogP contribution < -0.4 is 10.6 Å². The Morgan fingerprint density at radius 2 is 1.88 bits per heavy atom. The Labute approximate surface area is 192 Å². The van der Waals surface area contributed by atoms with E-state index in [1.807, 2.05) is 0 Å². The van der Waals surface area contributed by atoms with Crippen LogP contribution in [0.5, 0.6) is 0 Å². The molecule has 0 spiro atoms. The van der Waals surface area contributed by atoms with Gasteiger partial charge in [0.05, 0.1) is 23.3 Å². The molecule has 0 saturated heterocycles. The minimum atomic E-state index is -4.44. The van der Waals surface area contributed by atoms with E-state index in [1.165, 1.54) is 13.0 Å². The van der Waals surface area contributed by atoms with Crippen molar-refractivity contribution >= 4 is 28.9 Å². The minimum Gasteiger partial charge on any atom is -0.478 e. The lowest BCUT2D eigenvalue weighted by molar-refractivity contribution is -0.115. The van der Waals surface area contributed by atoms with Crippen molar-refractivity contribution in [2.45, 2.75) is 46.0 Å². The Kier molecular flexibility index (Phi) is 6.71. The lowest BCUT2D eigenvalue weighted by Gasteiger charge is -2.19. The van der Waals surface area contributed by atoms with Crippen LogP contribution in [0, 0.1) is 6.92 Å². The number of rotatable bonds is 6. The van der Waals surface area contributed by atoms with Crippen LogP contribution in [0.2, 0.25) is 0 Å². The first-order valence-electron chi connectivity index (χ1n) is 10.2. The van der Waals surface area contributed by atoms with E-state index in [4.69, 9.17) is 4.74 Å². The lowest BCUT2D eigenvalue weighted by atomic mass is 10.1. The van der Waals surface area contributed by atoms with Crippen molar-refractivity contribution in [2.24, 2.45) is 0 Å². The number of benzene rings is 1. The number of carboxylic acids is 1. The molecule has 0 aliphatic carbocycles. The molecule has 182 valence electrons. The number of aromatic amines is 1. The molecule has 3 rings (SSSR count). The van der Waals surface area contributed by atoms with Gasteiger partial charge in [-0.1, -0.05) is 12.1 Å². The van der Waals surface area contributed by atoms with Gasteiger partial charge in [-0.25, -0.2) is 19.6 Å². The number of alkyl halides is 3. The molecule has 9 nitrogen and oxygen atoms in total. The maximum Gasteiger partial charge on any atom is 0.407 e. The number of aryl methyl sites for hydroxylation is 1. The van der Waals surface area contributed by atoms with Crippen LogP contribution in [0.4, 0.5) is 23.8 Å². The van der Waals surface area contributed by atoms with Crippen molar-refractivity contribution in [2.75, 3.05) is 11.9 Å². The summed E-state index contributed by atoms with van der Waals surface area (Å²) in [6, 6.07) is 6.34. The number of hydrogen-bond acceptors (Lipinski definition) is 6. The van der Waals surface area contributed by atoms with Crippen molar-refractivity contribution in [3.8, 4) is 11.3 Å². The molecule has 2 heterocycles. The highest BCUT2D eigenvalue weighted by Crippen LogP contribution is 2.30. The van der Waals surface area contributed by atoms with E-state index in [0.29, 0.717) is 16.8 Å². The standard InChI is InChI=1S/C22H24F3N5O4/c1-11-18(27-10-22(23,24)25)30-17-12(6-5-7-14(17)28-11)15-8-13(19(31)32)16(29-15)9-26-20(33)34-21(2,3)4/h5-8,29H,9-10H2,1-4H3,(H,26,33)(H,27,30)(H,31,32). The van der Waals surface area contributed by atoms with Crippen molar-refractivity contribution in [1.82, 2.24) is 20.3 Å². The van der Waals surface area contributed by atoms with Gasteiger partial charge in [0.15, 0.2) is 0 Å². The number of hydrogen-bond donors (Lipinski definition) is 4. The van der Waals surface area contributed by atoms with Crippen LogP contribution in [-0.4, -0.2) is 50.4 Å². The molecule has 0 aliphatic heterocycles. The van der Waals surface area contributed by atoms with Crippen molar-refractivity contribution < 1.29 is 32.6 Å². The predicted octanol–water partition coefficient (Wildman–Crippen LogP) is 4.63. The Bertz CT molecular complexity index is 1230. The summed E-state index contributed by atoms with van der Waals surface area (Å²) < 4.78 is 43.2. The maximum atomic E-state index is 12.7. The van der Waals surface area contributed by atoms with E-state index >= 15 is 0 Å². The molecule has 0 unspecified atom stereocenters. The molecule has 1 amide bonds. The van der Waals surface area contributed by atoms with Gasteiger partial charge in [-0.05, 0) is 39.8 Å². The van der Waals surface area contributed by atoms with Crippen molar-refractivity contribution in [3.05, 3.63) is 41.2 Å². The van der Waals surface area contributed by atoms with Gasteiger partial charge in [0.25, 0.3) is 0 Å². The second-order valence-corrected chi connectivity index (χ2v) is 8.54. The number of para-hydroxylation sites is 1. The van der Waals surface area contributed by atoms with Gasteiger partial charge >= 0.3 is 18.2 Å². The third-order valence-electron chi connectivity index (χ3n) is 4.55. The van der Waals surface area contributed by atoms with Gasteiger partial charge < -0.3 is 25.5 Å². The van der Waals surface area contributed by atoms with Crippen molar-refractivity contribution in [1.29, 1.82) is 0 Å². The fraction of sp³-hybridized carbons (Fsp3) is 0.364. The van der Waals surface area contributed by atoms with Crippen LogP contribution in [0.3, 0.4) is 0 Å². The minimum absolute atomic E-state index is 0.0332. The van der Waals surface area contributed by atoms with Crippen LogP contribution in [0.15, 0.2) is 24.3 Å². The van der Waals surface area contributed by atoms with Crippen LogP contribution in [0.1, 0.15) is 42.5 Å². The molecule has 0 fully saturated rings. The number of halogens is 3. The molecule has 0 aliphatic rings. The van der Waals surface area contributed by atoms with Crippen LogP contribution >= 0.6 is 0 Å². The Hall–Kier alpha value is -3.83. The van der Waals surface area contributed by atoms with E-state index in [2.05, 4.69) is 25.6 Å². The first kappa shape index (κ1) is 24.8. The molecule has 34 heavy (non-hydrogen) atoms. The summed E-state index contributed by atoms with van der Waals surface area (Å²) in [7, 11) is 0. The summed E-state index contributed by atoms with van der Waals surface area (Å²) in [6.45, 7) is 5.21. The second-order valence-electron chi connectivity index (χ2n) is 8.54. The number of nitrogens with one attached hydrogen (secondary N) is 3. The highest BCUT2D eigenvalue weighted by molar-refractivity contribution is 5.95. The van der Waals surface area contributed by atoms with E-state index in [1.54, 1.807) is 39.0 Å². The zero-order chi connectivity index (χ0) is 25.3. The number of aromatic nitrogens is 3. The number of carboxylic acid groups (broad SMARTS) is 1. The smallest absolute Gasteiger partial charge is 0.407 e. The second kappa shape index (κ2) is 9.20. The molecule has 3 aromatic rings. The van der Waals surface area contributed by atoms with E-state index < -0.39 is 30.4 Å². The third kappa shape index (κ3) is 6.15. The Morgan fingerprint density at radius 1 is 1.18 bits per heavy atom. The fourth-order valence-electron chi connectivity index (χ4n) is 3.18. The largest absolute Gasteiger partial charge is 0.478 e. The van der Waals surface area contributed by atoms with Gasteiger partial charge in [0, 0.05) is 17.0 Å². The zero-order valence-electron chi connectivity index (χ0n) is 18.9. The van der Waals surface area contributed by atoms with E-state index in [-0.39, 0.29) is 34.8 Å². The normalized spacial score (nSPS) is 12.0. The van der Waals surface area contributed by atoms with Crippen LogP contribution in [0.25, 0.3) is 22.3 Å². The molecule has 0 atom stereocenters. The van der Waals surface area contributed by atoms with Gasteiger partial charge in [-0.3, -0.25) is 0 Å². The maximum absolute atomic E-state index is 12.7. The van der Waals surface area contributed by atoms with Gasteiger partial charge in [0.2, 0.25) is 0 Å². The molecular formula is C22H24F3N5O4. The molecule has 0 bridgehead atoms. The summed E-state index contributed by atoms with van der Waals surface area (Å²) in [5, 5.41) is 14.4. The van der Waals surface area contributed by atoms with Gasteiger partial charge in [-0.2, -0.15) is 13.2 Å². The van der Waals surface area contributed by atoms with E-state index in [0.717, 1.165) is 0 Å². The number of amides is 1. The monoisotopic (exact) mass is 479 g/mol. The molecular weight excluding hydrogens is 455 g/mol. The number of anilines is 1. The average molecular weight is 479 g/mol.